The highest BCUT2D eigenvalue weighted by atomic mass is 35.5. The van der Waals surface area contributed by atoms with Gasteiger partial charge in [-0.2, -0.15) is 5.10 Å². The lowest BCUT2D eigenvalue weighted by Crippen LogP contribution is -2.32. The molecular formula is C21H28ClFN4O4S. The number of halogens is 2. The van der Waals surface area contributed by atoms with Crippen LogP contribution >= 0.6 is 11.6 Å². The van der Waals surface area contributed by atoms with Gasteiger partial charge < -0.3 is 10.1 Å². The zero-order valence-corrected chi connectivity index (χ0v) is 20.5. The van der Waals surface area contributed by atoms with Crippen molar-refractivity contribution in [1.82, 2.24) is 19.4 Å². The van der Waals surface area contributed by atoms with Crippen LogP contribution in [0.5, 0.6) is 0 Å². The normalized spacial score (nSPS) is 12.8. The number of benzene rings is 1. The van der Waals surface area contributed by atoms with Crippen LogP contribution in [-0.2, 0) is 21.3 Å². The van der Waals surface area contributed by atoms with Crippen LogP contribution in [0.3, 0.4) is 0 Å². The molecule has 1 N–H and O–H groups in total. The number of carbonyl (C=O) groups is 1. The van der Waals surface area contributed by atoms with E-state index in [1.807, 2.05) is 0 Å². The Kier molecular flexibility index (Phi) is 8.08. The van der Waals surface area contributed by atoms with Crippen LogP contribution in [0.25, 0.3) is 11.1 Å². The van der Waals surface area contributed by atoms with Crippen LogP contribution in [0.4, 0.5) is 9.18 Å². The molecule has 1 heterocycles. The lowest BCUT2D eigenvalue weighted by Gasteiger charge is -2.19. The molecule has 2 rings (SSSR count). The number of alkyl carbamates (subject to hydrolysis) is 1. The van der Waals surface area contributed by atoms with Gasteiger partial charge in [0.15, 0.2) is 0 Å². The maximum Gasteiger partial charge on any atom is 0.407 e. The molecule has 0 aliphatic heterocycles. The molecule has 11 heteroatoms. The summed E-state index contributed by atoms with van der Waals surface area (Å²) in [4.78, 5) is 11.7. The van der Waals surface area contributed by atoms with Crippen molar-refractivity contribution in [2.24, 2.45) is 0 Å². The van der Waals surface area contributed by atoms with E-state index in [-0.39, 0.29) is 23.1 Å². The molecule has 1 amide bonds. The molecule has 1 aromatic heterocycles. The molecule has 0 atom stereocenters. The molecule has 0 aliphatic rings. The first-order chi connectivity index (χ1) is 14.7. The van der Waals surface area contributed by atoms with Crippen molar-refractivity contribution < 1.29 is 22.3 Å². The lowest BCUT2D eigenvalue weighted by molar-refractivity contribution is 0.0534. The number of rotatable bonds is 7. The van der Waals surface area contributed by atoms with Gasteiger partial charge in [-0.15, -0.1) is 0 Å². The van der Waals surface area contributed by atoms with Gasteiger partial charge in [-0.25, -0.2) is 26.6 Å². The van der Waals surface area contributed by atoms with Gasteiger partial charge in [0, 0.05) is 26.2 Å². The number of carbonyl (C=O) groups excluding carboxylic acids is 1. The fourth-order valence-corrected chi connectivity index (χ4v) is 4.07. The van der Waals surface area contributed by atoms with Crippen molar-refractivity contribution in [3.8, 4) is 11.1 Å². The van der Waals surface area contributed by atoms with E-state index in [2.05, 4.69) is 10.4 Å². The van der Waals surface area contributed by atoms with Gasteiger partial charge in [0.05, 0.1) is 17.1 Å². The quantitative estimate of drug-likeness (QED) is 0.634. The summed E-state index contributed by atoms with van der Waals surface area (Å²) in [6, 6.07) is 6.33. The number of allylic oxidation sites excluding steroid dienone is 1. The van der Waals surface area contributed by atoms with Gasteiger partial charge in [-0.05, 0) is 51.5 Å². The Balaban J connectivity index is 2.20. The minimum absolute atomic E-state index is 0.0596. The Hall–Kier alpha value is -2.43. The van der Waals surface area contributed by atoms with Crippen LogP contribution < -0.4 is 5.32 Å². The van der Waals surface area contributed by atoms with Crippen LogP contribution in [0.15, 0.2) is 41.1 Å². The molecule has 0 unspecified atom stereocenters. The fraction of sp³-hybridized carbons (Fsp3) is 0.429. The van der Waals surface area contributed by atoms with Crippen molar-refractivity contribution in [2.45, 2.75) is 44.7 Å². The van der Waals surface area contributed by atoms with E-state index >= 15 is 0 Å². The summed E-state index contributed by atoms with van der Waals surface area (Å²) in [6.07, 6.45) is 0.547. The van der Waals surface area contributed by atoms with Crippen molar-refractivity contribution in [3.63, 3.8) is 0 Å². The molecule has 32 heavy (non-hydrogen) atoms. The van der Waals surface area contributed by atoms with Gasteiger partial charge >= 0.3 is 6.09 Å². The van der Waals surface area contributed by atoms with E-state index in [1.54, 1.807) is 39.8 Å². The molecule has 8 nitrogen and oxygen atoms in total. The van der Waals surface area contributed by atoms with Crippen LogP contribution in [0, 0.1) is 6.92 Å². The minimum atomic E-state index is -3.63. The Labute approximate surface area is 193 Å². The predicted octanol–water partition coefficient (Wildman–Crippen LogP) is 4.14. The number of nitrogens with zero attached hydrogens (tertiary/aromatic N) is 3. The number of aryl methyl sites for hydroxylation is 1. The zero-order valence-electron chi connectivity index (χ0n) is 18.9. The topological polar surface area (TPSA) is 93.5 Å². The van der Waals surface area contributed by atoms with E-state index in [0.717, 1.165) is 4.31 Å². The second-order valence-electron chi connectivity index (χ2n) is 8.26. The van der Waals surface area contributed by atoms with Gasteiger partial charge in [-0.3, -0.25) is 0 Å². The van der Waals surface area contributed by atoms with Crippen molar-refractivity contribution in [2.75, 3.05) is 20.6 Å². The molecule has 176 valence electrons. The average molecular weight is 487 g/mol. The third kappa shape index (κ3) is 6.54. The highest BCUT2D eigenvalue weighted by Gasteiger charge is 2.21. The van der Waals surface area contributed by atoms with Crippen LogP contribution in [0.1, 0.15) is 26.5 Å². The second kappa shape index (κ2) is 10.0. The summed E-state index contributed by atoms with van der Waals surface area (Å²) in [5.74, 6) is -0.555. The molecule has 1 aromatic carbocycles. The molecule has 0 saturated carbocycles. The Bertz CT molecular complexity index is 1120. The molecule has 0 aliphatic carbocycles. The lowest BCUT2D eigenvalue weighted by atomic mass is 10.1. The molecular weight excluding hydrogens is 459 g/mol. The molecule has 0 fully saturated rings. The zero-order chi connectivity index (χ0) is 24.3. The number of hydrogen-bond acceptors (Lipinski definition) is 5. The average Bonchev–Trinajstić information content (AvgIpc) is 2.93. The van der Waals surface area contributed by atoms with E-state index in [1.165, 1.54) is 37.0 Å². The van der Waals surface area contributed by atoms with E-state index in [0.29, 0.717) is 16.8 Å². The molecule has 0 spiro atoms. The fourth-order valence-electron chi connectivity index (χ4n) is 2.78. The summed E-state index contributed by atoms with van der Waals surface area (Å²) >= 11 is 6.45. The van der Waals surface area contributed by atoms with Gasteiger partial charge in [0.2, 0.25) is 10.0 Å². The van der Waals surface area contributed by atoms with Crippen molar-refractivity contribution >= 4 is 27.7 Å². The third-order valence-corrected chi connectivity index (χ3v) is 6.43. The Morgan fingerprint density at radius 3 is 2.59 bits per heavy atom. The van der Waals surface area contributed by atoms with Crippen molar-refractivity contribution in [1.29, 1.82) is 0 Å². The molecule has 0 radical (unpaired) electrons. The number of nitrogens with one attached hydrogen (secondary N) is 1. The first-order valence-corrected chi connectivity index (χ1v) is 11.6. The number of hydrogen-bond donors (Lipinski definition) is 1. The maximum absolute atomic E-state index is 14.4. The van der Waals surface area contributed by atoms with Crippen LogP contribution in [-0.4, -0.2) is 54.8 Å². The maximum atomic E-state index is 14.4. The monoisotopic (exact) mass is 486 g/mol. The third-order valence-electron chi connectivity index (χ3n) is 4.24. The molecule has 0 saturated heterocycles. The first-order valence-electron chi connectivity index (χ1n) is 9.79. The Morgan fingerprint density at radius 2 is 2.00 bits per heavy atom. The van der Waals surface area contributed by atoms with Crippen molar-refractivity contribution in [3.05, 3.63) is 47.0 Å². The largest absolute Gasteiger partial charge is 0.444 e. The van der Waals surface area contributed by atoms with Gasteiger partial charge in [0.1, 0.15) is 16.6 Å². The Morgan fingerprint density at radius 1 is 1.34 bits per heavy atom. The highest BCUT2D eigenvalue weighted by molar-refractivity contribution is 7.89. The highest BCUT2D eigenvalue weighted by Crippen LogP contribution is 2.33. The van der Waals surface area contributed by atoms with E-state index < -0.39 is 27.5 Å². The summed E-state index contributed by atoms with van der Waals surface area (Å²) in [7, 11) is -0.726. The number of sulfonamides is 1. The summed E-state index contributed by atoms with van der Waals surface area (Å²) in [5.41, 5.74) is 0.945. The number of ether oxygens (including phenoxy) is 1. The van der Waals surface area contributed by atoms with Crippen LogP contribution in [0.2, 0.25) is 5.15 Å². The second-order valence-corrected chi connectivity index (χ2v) is 10.8. The summed E-state index contributed by atoms with van der Waals surface area (Å²) in [5, 5.41) is 6.89. The minimum Gasteiger partial charge on any atom is -0.444 e. The van der Waals surface area contributed by atoms with Gasteiger partial charge in [-0.1, -0.05) is 23.7 Å². The van der Waals surface area contributed by atoms with E-state index in [4.69, 9.17) is 16.3 Å². The van der Waals surface area contributed by atoms with E-state index in [9.17, 15) is 17.6 Å². The number of aromatic nitrogens is 2. The summed E-state index contributed by atoms with van der Waals surface area (Å²) < 4.78 is 46.7. The summed E-state index contributed by atoms with van der Waals surface area (Å²) in [6.45, 7) is 6.59. The molecule has 2 aromatic rings. The predicted molar refractivity (Wildman–Crippen MR) is 122 cm³/mol. The smallest absolute Gasteiger partial charge is 0.407 e. The number of amides is 1. The standard InChI is InChI=1S/C21H28ClFN4O4S/c1-14-18(15-8-7-9-17(12-15)32(29,30)26(5)6)19(22)27(25-14)13-16(23)10-11-24-20(28)31-21(2,3)4/h7-10,12H,11,13H2,1-6H3,(H,24,28)/b16-10-. The van der Waals surface area contributed by atoms with Gasteiger partial charge in [0.25, 0.3) is 0 Å². The SMILES string of the molecule is Cc1nn(C/C(F)=C/CNC(=O)OC(C)(C)C)c(Cl)c1-c1cccc(S(=O)(=O)N(C)C)c1. The molecule has 0 bridgehead atoms. The first kappa shape index (κ1) is 25.8.